The highest BCUT2D eigenvalue weighted by Crippen LogP contribution is 2.35. The summed E-state index contributed by atoms with van der Waals surface area (Å²) >= 11 is 6.82. The van der Waals surface area contributed by atoms with Crippen LogP contribution < -0.4 is 10.1 Å². The summed E-state index contributed by atoms with van der Waals surface area (Å²) in [7, 11) is 1.85. The predicted octanol–water partition coefficient (Wildman–Crippen LogP) is 4.79. The molecule has 112 valence electrons. The van der Waals surface area contributed by atoms with E-state index in [1.165, 1.54) is 18.2 Å². The molecule has 0 spiro atoms. The van der Waals surface area contributed by atoms with Crippen LogP contribution in [0.15, 0.2) is 39.3 Å². The summed E-state index contributed by atoms with van der Waals surface area (Å²) in [5.41, 5.74) is 0.969. The Kier molecular flexibility index (Phi) is 5.72. The molecule has 0 aliphatic rings. The van der Waals surface area contributed by atoms with E-state index in [0.717, 1.165) is 14.5 Å². The van der Waals surface area contributed by atoms with Crippen molar-refractivity contribution in [3.8, 4) is 5.75 Å². The second-order valence-electron chi connectivity index (χ2n) is 4.41. The average Bonchev–Trinajstić information content (AvgIpc) is 2.41. The molecule has 0 aliphatic carbocycles. The highest BCUT2D eigenvalue weighted by atomic mass is 79.9. The molecule has 21 heavy (non-hydrogen) atoms. The first-order chi connectivity index (χ1) is 10.0. The molecule has 0 fully saturated rings. The Morgan fingerprint density at radius 2 is 1.67 bits per heavy atom. The zero-order chi connectivity index (χ0) is 15.4. The third kappa shape index (κ3) is 4.02. The number of halogens is 4. The minimum absolute atomic E-state index is 0.0874. The summed E-state index contributed by atoms with van der Waals surface area (Å²) in [6.07, 6.45) is 0. The van der Waals surface area contributed by atoms with Crippen molar-refractivity contribution in [3.05, 3.63) is 62.0 Å². The van der Waals surface area contributed by atoms with E-state index in [1.807, 2.05) is 19.2 Å². The van der Waals surface area contributed by atoms with Gasteiger partial charge in [-0.2, -0.15) is 0 Å². The molecule has 0 saturated carbocycles. The fraction of sp³-hybridized carbons (Fsp3) is 0.200. The van der Waals surface area contributed by atoms with E-state index in [9.17, 15) is 8.78 Å². The zero-order valence-corrected chi connectivity index (χ0v) is 14.4. The monoisotopic (exact) mass is 419 g/mol. The Morgan fingerprint density at radius 3 is 2.19 bits per heavy atom. The fourth-order valence-electron chi connectivity index (χ4n) is 1.87. The summed E-state index contributed by atoms with van der Waals surface area (Å²) in [6, 6.07) is 7.54. The maximum Gasteiger partial charge on any atom is 0.148 e. The van der Waals surface area contributed by atoms with Crippen LogP contribution in [-0.4, -0.2) is 7.05 Å². The van der Waals surface area contributed by atoms with Gasteiger partial charge in [0, 0.05) is 6.54 Å². The minimum atomic E-state index is -0.617. The Bertz CT molecular complexity index is 606. The van der Waals surface area contributed by atoms with Crippen molar-refractivity contribution >= 4 is 31.9 Å². The average molecular weight is 421 g/mol. The van der Waals surface area contributed by atoms with Gasteiger partial charge in [-0.05, 0) is 68.7 Å². The molecule has 0 heterocycles. The van der Waals surface area contributed by atoms with Crippen LogP contribution in [0.3, 0.4) is 0 Å². The molecule has 0 atom stereocenters. The number of ether oxygens (including phenoxy) is 1. The first kappa shape index (κ1) is 16.4. The Labute approximate surface area is 138 Å². The summed E-state index contributed by atoms with van der Waals surface area (Å²) < 4.78 is 34.1. The van der Waals surface area contributed by atoms with Crippen molar-refractivity contribution in [2.24, 2.45) is 0 Å². The van der Waals surface area contributed by atoms with E-state index in [1.54, 1.807) is 0 Å². The Hall–Kier alpha value is -0.980. The topological polar surface area (TPSA) is 21.3 Å². The molecular weight excluding hydrogens is 408 g/mol. The Morgan fingerprint density at radius 1 is 1.10 bits per heavy atom. The molecule has 2 rings (SSSR count). The number of hydrogen-bond donors (Lipinski definition) is 1. The van der Waals surface area contributed by atoms with Gasteiger partial charge >= 0.3 is 0 Å². The van der Waals surface area contributed by atoms with Gasteiger partial charge in [0.05, 0.1) is 14.5 Å². The van der Waals surface area contributed by atoms with E-state index in [4.69, 9.17) is 4.74 Å². The van der Waals surface area contributed by atoms with Gasteiger partial charge in [0.15, 0.2) is 0 Å². The number of benzene rings is 2. The van der Waals surface area contributed by atoms with E-state index in [-0.39, 0.29) is 12.2 Å². The van der Waals surface area contributed by atoms with Crippen LogP contribution in [0.1, 0.15) is 11.1 Å². The van der Waals surface area contributed by atoms with Crippen molar-refractivity contribution in [3.63, 3.8) is 0 Å². The maximum atomic E-state index is 13.6. The highest BCUT2D eigenvalue weighted by molar-refractivity contribution is 9.11. The lowest BCUT2D eigenvalue weighted by Gasteiger charge is -2.13. The largest absolute Gasteiger partial charge is 0.486 e. The molecule has 0 saturated heterocycles. The van der Waals surface area contributed by atoms with Crippen LogP contribution >= 0.6 is 31.9 Å². The van der Waals surface area contributed by atoms with E-state index >= 15 is 0 Å². The van der Waals surface area contributed by atoms with Crippen molar-refractivity contribution in [2.75, 3.05) is 7.05 Å². The third-order valence-corrected chi connectivity index (χ3v) is 4.04. The predicted molar refractivity (Wildman–Crippen MR) is 85.3 cm³/mol. The quantitative estimate of drug-likeness (QED) is 0.750. The maximum absolute atomic E-state index is 13.6. The van der Waals surface area contributed by atoms with Gasteiger partial charge in [-0.25, -0.2) is 8.78 Å². The van der Waals surface area contributed by atoms with E-state index in [0.29, 0.717) is 12.3 Å². The van der Waals surface area contributed by atoms with Crippen molar-refractivity contribution in [1.82, 2.24) is 5.32 Å². The molecule has 0 unspecified atom stereocenters. The lowest BCUT2D eigenvalue weighted by molar-refractivity contribution is 0.289. The van der Waals surface area contributed by atoms with E-state index < -0.39 is 11.6 Å². The van der Waals surface area contributed by atoms with Crippen LogP contribution in [0, 0.1) is 11.6 Å². The molecule has 0 radical (unpaired) electrons. The first-order valence-electron chi connectivity index (χ1n) is 6.21. The minimum Gasteiger partial charge on any atom is -0.486 e. The highest BCUT2D eigenvalue weighted by Gasteiger charge is 2.13. The molecule has 2 aromatic carbocycles. The molecule has 0 aliphatic heterocycles. The van der Waals surface area contributed by atoms with Gasteiger partial charge in [0.2, 0.25) is 0 Å². The van der Waals surface area contributed by atoms with Crippen molar-refractivity contribution < 1.29 is 13.5 Å². The molecule has 2 aromatic rings. The van der Waals surface area contributed by atoms with Crippen molar-refractivity contribution in [1.29, 1.82) is 0 Å². The number of hydrogen-bond acceptors (Lipinski definition) is 2. The summed E-state index contributed by atoms with van der Waals surface area (Å²) in [5, 5.41) is 3.05. The molecule has 0 amide bonds. The second-order valence-corrected chi connectivity index (χ2v) is 6.12. The Balaban J connectivity index is 2.21. The summed E-state index contributed by atoms with van der Waals surface area (Å²) in [6.45, 7) is 0.528. The standard InChI is InChI=1S/C15H13Br2F2NO/c1-20-7-9-5-11(16)15(12(17)6-9)21-8-10-13(18)3-2-4-14(10)19/h2-6,20H,7-8H2,1H3. The van der Waals surface area contributed by atoms with Crippen LogP contribution in [0.25, 0.3) is 0 Å². The van der Waals surface area contributed by atoms with Gasteiger partial charge in [-0.1, -0.05) is 6.07 Å². The number of rotatable bonds is 5. The van der Waals surface area contributed by atoms with Gasteiger partial charge in [0.25, 0.3) is 0 Å². The first-order valence-corrected chi connectivity index (χ1v) is 7.79. The SMILES string of the molecule is CNCc1cc(Br)c(OCc2c(F)cccc2F)c(Br)c1. The van der Waals surface area contributed by atoms with Gasteiger partial charge in [-0.15, -0.1) is 0 Å². The second kappa shape index (κ2) is 7.33. The number of nitrogens with one attached hydrogen (secondary N) is 1. The molecule has 6 heteroatoms. The van der Waals surface area contributed by atoms with Gasteiger partial charge in [0.1, 0.15) is 24.0 Å². The molecule has 0 bridgehead atoms. The summed E-state index contributed by atoms with van der Waals surface area (Å²) in [4.78, 5) is 0. The lowest BCUT2D eigenvalue weighted by atomic mass is 10.2. The zero-order valence-electron chi connectivity index (χ0n) is 11.2. The third-order valence-electron chi connectivity index (χ3n) is 2.86. The van der Waals surface area contributed by atoms with Crippen LogP contribution in [0.5, 0.6) is 5.75 Å². The van der Waals surface area contributed by atoms with Crippen LogP contribution in [0.2, 0.25) is 0 Å². The fourth-order valence-corrected chi connectivity index (χ4v) is 3.38. The smallest absolute Gasteiger partial charge is 0.148 e. The molecule has 2 nitrogen and oxygen atoms in total. The van der Waals surface area contributed by atoms with Crippen LogP contribution in [0.4, 0.5) is 8.78 Å². The van der Waals surface area contributed by atoms with Crippen LogP contribution in [-0.2, 0) is 13.2 Å². The molecule has 0 aromatic heterocycles. The lowest BCUT2D eigenvalue weighted by Crippen LogP contribution is -2.06. The van der Waals surface area contributed by atoms with E-state index in [2.05, 4.69) is 37.2 Å². The van der Waals surface area contributed by atoms with Crippen molar-refractivity contribution in [2.45, 2.75) is 13.2 Å². The molecule has 1 N–H and O–H groups in total. The van der Waals surface area contributed by atoms with Gasteiger partial charge < -0.3 is 10.1 Å². The van der Waals surface area contributed by atoms with Gasteiger partial charge in [-0.3, -0.25) is 0 Å². The summed E-state index contributed by atoms with van der Waals surface area (Å²) in [5.74, 6) is -0.722. The molecular formula is C15H13Br2F2NO. The normalized spacial score (nSPS) is 10.7.